The summed E-state index contributed by atoms with van der Waals surface area (Å²) < 4.78 is 4.33. The molecule has 0 saturated carbocycles. The van der Waals surface area contributed by atoms with Crippen LogP contribution < -0.4 is 10.7 Å². The van der Waals surface area contributed by atoms with Crippen LogP contribution in [0.2, 0.25) is 0 Å². The second-order valence-corrected chi connectivity index (χ2v) is 5.28. The molecular formula is C12H12BrN4O2+. The number of nitrogens with one attached hydrogen (secondary N) is 2. The number of fused-ring (bicyclic) bond motifs is 1. The molecule has 2 aromatic rings. The SMILES string of the molecule is Cn1c(C[C@@H]2C=[NH+]C(=O)c3ccc(Br)n32)c[nH]c1=O. The van der Waals surface area contributed by atoms with E-state index < -0.39 is 0 Å². The van der Waals surface area contributed by atoms with Crippen molar-refractivity contribution >= 4 is 28.1 Å². The summed E-state index contributed by atoms with van der Waals surface area (Å²) >= 11 is 3.44. The van der Waals surface area contributed by atoms with Crippen molar-refractivity contribution in [3.8, 4) is 0 Å². The summed E-state index contributed by atoms with van der Waals surface area (Å²) in [5.74, 6) is -0.120. The number of hydrogen-bond donors (Lipinski definition) is 2. The highest BCUT2D eigenvalue weighted by Crippen LogP contribution is 2.23. The van der Waals surface area contributed by atoms with E-state index in [1.165, 1.54) is 0 Å². The van der Waals surface area contributed by atoms with E-state index in [1.54, 1.807) is 30.1 Å². The fraction of sp³-hybridized carbons (Fsp3) is 0.250. The number of aromatic nitrogens is 3. The molecule has 0 unspecified atom stereocenters. The summed E-state index contributed by atoms with van der Waals surface area (Å²) in [6, 6.07) is 3.59. The molecule has 19 heavy (non-hydrogen) atoms. The molecular weight excluding hydrogens is 312 g/mol. The van der Waals surface area contributed by atoms with E-state index in [9.17, 15) is 9.59 Å². The lowest BCUT2D eigenvalue weighted by molar-refractivity contribution is -0.345. The molecule has 0 aromatic carbocycles. The number of halogens is 1. The summed E-state index contributed by atoms with van der Waals surface area (Å²) in [7, 11) is 1.72. The summed E-state index contributed by atoms with van der Waals surface area (Å²) in [5, 5.41) is 0. The molecule has 3 heterocycles. The lowest BCUT2D eigenvalue weighted by atomic mass is 10.1. The minimum absolute atomic E-state index is 0.0292. The van der Waals surface area contributed by atoms with Gasteiger partial charge in [-0.25, -0.2) is 9.59 Å². The predicted molar refractivity (Wildman–Crippen MR) is 72.3 cm³/mol. The van der Waals surface area contributed by atoms with Gasteiger partial charge in [0.2, 0.25) is 0 Å². The van der Waals surface area contributed by atoms with Gasteiger partial charge in [-0.05, 0) is 28.1 Å². The van der Waals surface area contributed by atoms with Gasteiger partial charge in [0.15, 0.2) is 11.9 Å². The average molecular weight is 324 g/mol. The van der Waals surface area contributed by atoms with Gasteiger partial charge >= 0.3 is 11.6 Å². The highest BCUT2D eigenvalue weighted by atomic mass is 79.9. The molecule has 2 N–H and O–H groups in total. The maximum atomic E-state index is 11.7. The number of carbonyl (C=O) groups is 1. The van der Waals surface area contributed by atoms with Crippen molar-refractivity contribution in [1.29, 1.82) is 0 Å². The van der Waals surface area contributed by atoms with Crippen LogP contribution in [0, 0.1) is 0 Å². The van der Waals surface area contributed by atoms with Crippen molar-refractivity contribution in [2.24, 2.45) is 7.05 Å². The number of aromatic amines is 1. The fourth-order valence-electron chi connectivity index (χ4n) is 2.30. The van der Waals surface area contributed by atoms with Gasteiger partial charge < -0.3 is 9.55 Å². The number of H-pyrrole nitrogens is 1. The topological polar surface area (TPSA) is 73.8 Å². The number of imidazole rings is 1. The third-order valence-electron chi connectivity index (χ3n) is 3.36. The standard InChI is InChI=1S/C12H11BrN4O2/c1-16-7(5-15-12(16)19)4-8-6-14-11(18)9-2-3-10(13)17(8)9/h2-3,5-6,8H,4H2,1H3,(H,15,19)/p+1/t8-/m1/s1. The zero-order valence-corrected chi connectivity index (χ0v) is 11.8. The third-order valence-corrected chi connectivity index (χ3v) is 4.00. The first kappa shape index (κ1) is 12.2. The number of carbonyl (C=O) groups excluding carboxylic acids is 1. The Morgan fingerprint density at radius 3 is 2.89 bits per heavy atom. The molecule has 1 aliphatic rings. The molecule has 0 bridgehead atoms. The number of nitrogens with zero attached hydrogens (tertiary/aromatic N) is 2. The molecule has 3 rings (SSSR count). The van der Waals surface area contributed by atoms with Gasteiger partial charge in [-0.1, -0.05) is 0 Å². The van der Waals surface area contributed by atoms with Crippen LogP contribution in [-0.2, 0) is 13.5 Å². The van der Waals surface area contributed by atoms with Crippen LogP contribution in [0.4, 0.5) is 0 Å². The van der Waals surface area contributed by atoms with Crippen molar-refractivity contribution in [3.63, 3.8) is 0 Å². The van der Waals surface area contributed by atoms with Gasteiger partial charge in [-0.15, -0.1) is 0 Å². The van der Waals surface area contributed by atoms with E-state index in [-0.39, 0.29) is 17.6 Å². The van der Waals surface area contributed by atoms with Crippen LogP contribution in [0.1, 0.15) is 22.2 Å². The Balaban J connectivity index is 2.00. The first-order valence-electron chi connectivity index (χ1n) is 5.82. The van der Waals surface area contributed by atoms with Crippen LogP contribution in [0.5, 0.6) is 0 Å². The van der Waals surface area contributed by atoms with Crippen molar-refractivity contribution < 1.29 is 9.79 Å². The number of amides is 1. The van der Waals surface area contributed by atoms with E-state index in [4.69, 9.17) is 0 Å². The van der Waals surface area contributed by atoms with Crippen molar-refractivity contribution in [2.45, 2.75) is 12.5 Å². The van der Waals surface area contributed by atoms with E-state index in [0.29, 0.717) is 12.1 Å². The maximum Gasteiger partial charge on any atom is 0.434 e. The van der Waals surface area contributed by atoms with Gasteiger partial charge in [0.05, 0.1) is 4.60 Å². The quantitative estimate of drug-likeness (QED) is 0.772. The van der Waals surface area contributed by atoms with Gasteiger partial charge in [-0.3, -0.25) is 4.57 Å². The fourth-order valence-corrected chi connectivity index (χ4v) is 2.88. The first-order chi connectivity index (χ1) is 9.08. The molecule has 0 fully saturated rings. The molecule has 0 spiro atoms. The van der Waals surface area contributed by atoms with E-state index in [1.807, 2.05) is 10.6 Å². The highest BCUT2D eigenvalue weighted by Gasteiger charge is 2.29. The van der Waals surface area contributed by atoms with Gasteiger partial charge in [0.25, 0.3) is 0 Å². The molecule has 2 aromatic heterocycles. The Bertz CT molecular complexity index is 737. The summed E-state index contributed by atoms with van der Waals surface area (Å²) in [5.41, 5.74) is 1.36. The van der Waals surface area contributed by atoms with Crippen molar-refractivity contribution in [3.05, 3.63) is 44.8 Å². The zero-order chi connectivity index (χ0) is 13.6. The van der Waals surface area contributed by atoms with E-state index in [2.05, 4.69) is 25.9 Å². The highest BCUT2D eigenvalue weighted by molar-refractivity contribution is 9.10. The summed E-state index contributed by atoms with van der Waals surface area (Å²) in [6.07, 6.45) is 4.07. The minimum Gasteiger partial charge on any atom is -0.314 e. The normalized spacial score (nSPS) is 17.8. The second kappa shape index (κ2) is 4.34. The van der Waals surface area contributed by atoms with Crippen molar-refractivity contribution in [2.75, 3.05) is 0 Å². The average Bonchev–Trinajstić information content (AvgIpc) is 2.92. The maximum absolute atomic E-state index is 11.7. The first-order valence-corrected chi connectivity index (χ1v) is 6.61. The second-order valence-electron chi connectivity index (χ2n) is 4.47. The number of rotatable bonds is 2. The minimum atomic E-state index is -0.137. The van der Waals surface area contributed by atoms with E-state index in [0.717, 1.165) is 10.3 Å². The molecule has 0 radical (unpaired) electrons. The van der Waals surface area contributed by atoms with Crippen LogP contribution in [0.15, 0.2) is 27.7 Å². The third kappa shape index (κ3) is 1.90. The van der Waals surface area contributed by atoms with E-state index >= 15 is 0 Å². The van der Waals surface area contributed by atoms with Gasteiger partial charge in [0.1, 0.15) is 6.04 Å². The van der Waals surface area contributed by atoms with Crippen LogP contribution in [-0.4, -0.2) is 26.2 Å². The van der Waals surface area contributed by atoms with Crippen LogP contribution >= 0.6 is 15.9 Å². The Morgan fingerprint density at radius 1 is 1.42 bits per heavy atom. The molecule has 98 valence electrons. The monoisotopic (exact) mass is 323 g/mol. The smallest absolute Gasteiger partial charge is 0.314 e. The van der Waals surface area contributed by atoms with Crippen LogP contribution in [0.3, 0.4) is 0 Å². The summed E-state index contributed by atoms with van der Waals surface area (Å²) in [6.45, 7) is 0. The molecule has 1 aliphatic heterocycles. The Morgan fingerprint density at radius 2 is 2.21 bits per heavy atom. The Hall–Kier alpha value is -1.89. The zero-order valence-electron chi connectivity index (χ0n) is 10.2. The number of hydrogen-bond acceptors (Lipinski definition) is 2. The predicted octanol–water partition coefficient (Wildman–Crippen LogP) is -0.634. The van der Waals surface area contributed by atoms with Gasteiger partial charge in [0, 0.05) is 25.4 Å². The van der Waals surface area contributed by atoms with Crippen molar-refractivity contribution in [1.82, 2.24) is 14.1 Å². The molecule has 7 heteroatoms. The molecule has 1 amide bonds. The van der Waals surface area contributed by atoms with Crippen LogP contribution in [0.25, 0.3) is 0 Å². The Kier molecular flexibility index (Phi) is 2.78. The molecule has 6 nitrogen and oxygen atoms in total. The molecule has 1 atom stereocenters. The van der Waals surface area contributed by atoms with Gasteiger partial charge in [-0.2, -0.15) is 4.99 Å². The molecule has 0 aliphatic carbocycles. The summed E-state index contributed by atoms with van der Waals surface area (Å²) in [4.78, 5) is 28.5. The molecule has 0 saturated heterocycles. The Labute approximate surface area is 116 Å². The lowest BCUT2D eigenvalue weighted by Gasteiger charge is -2.17. The lowest BCUT2D eigenvalue weighted by Crippen LogP contribution is -2.77. The largest absolute Gasteiger partial charge is 0.434 e.